The Bertz CT molecular complexity index is 425. The lowest BCUT2D eigenvalue weighted by atomic mass is 9.83. The van der Waals surface area contributed by atoms with Crippen LogP contribution in [0.4, 0.5) is 0 Å². The first-order valence-corrected chi connectivity index (χ1v) is 7.14. The Balaban J connectivity index is 1.71. The minimum atomic E-state index is 0.251. The molecule has 0 spiro atoms. The second kappa shape index (κ2) is 4.67. The first kappa shape index (κ1) is 12.2. The van der Waals surface area contributed by atoms with Gasteiger partial charge in [0.1, 0.15) is 0 Å². The van der Waals surface area contributed by atoms with Crippen molar-refractivity contribution in [3.63, 3.8) is 0 Å². The second-order valence-corrected chi connectivity index (χ2v) is 6.22. The zero-order chi connectivity index (χ0) is 12.7. The van der Waals surface area contributed by atoms with Gasteiger partial charge in [0.25, 0.3) is 0 Å². The molecule has 100 valence electrons. The van der Waals surface area contributed by atoms with Crippen molar-refractivity contribution >= 4 is 0 Å². The molecule has 0 amide bonds. The van der Waals surface area contributed by atoms with Crippen molar-refractivity contribution < 1.29 is 0 Å². The molecule has 2 saturated carbocycles. The van der Waals surface area contributed by atoms with Gasteiger partial charge in [0.15, 0.2) is 0 Å². The molecular weight excluding hydrogens is 224 g/mol. The molecule has 1 heterocycles. The minimum absolute atomic E-state index is 0.251. The molecule has 4 unspecified atom stereocenters. The number of aromatic nitrogens is 2. The molecule has 4 atom stereocenters. The Morgan fingerprint density at radius 2 is 2.33 bits per heavy atom. The Morgan fingerprint density at radius 1 is 1.50 bits per heavy atom. The van der Waals surface area contributed by atoms with Gasteiger partial charge in [-0.05, 0) is 56.4 Å². The maximum atomic E-state index is 5.77. The summed E-state index contributed by atoms with van der Waals surface area (Å²) < 4.78 is 1.97. The largest absolute Gasteiger partial charge is 0.271 e. The van der Waals surface area contributed by atoms with Crippen LogP contribution in [0.5, 0.6) is 0 Å². The molecule has 1 aromatic rings. The van der Waals surface area contributed by atoms with E-state index in [2.05, 4.69) is 16.6 Å². The lowest BCUT2D eigenvalue weighted by Crippen LogP contribution is -2.32. The zero-order valence-corrected chi connectivity index (χ0v) is 11.4. The highest BCUT2D eigenvalue weighted by atomic mass is 15.3. The van der Waals surface area contributed by atoms with Gasteiger partial charge in [0, 0.05) is 7.05 Å². The fraction of sp³-hybridized carbons (Fsp3) is 0.786. The van der Waals surface area contributed by atoms with Gasteiger partial charge in [-0.2, -0.15) is 5.10 Å². The predicted octanol–water partition coefficient (Wildman–Crippen LogP) is 2.06. The third-order valence-electron chi connectivity index (χ3n) is 5.02. The van der Waals surface area contributed by atoms with Crippen molar-refractivity contribution in [1.82, 2.24) is 15.2 Å². The topological polar surface area (TPSA) is 55.9 Å². The van der Waals surface area contributed by atoms with E-state index in [9.17, 15) is 0 Å². The monoisotopic (exact) mass is 248 g/mol. The molecule has 18 heavy (non-hydrogen) atoms. The van der Waals surface area contributed by atoms with E-state index in [4.69, 9.17) is 5.84 Å². The summed E-state index contributed by atoms with van der Waals surface area (Å²) in [5.74, 6) is 8.59. The van der Waals surface area contributed by atoms with Crippen LogP contribution < -0.4 is 11.3 Å². The Hall–Kier alpha value is -0.870. The zero-order valence-electron chi connectivity index (χ0n) is 11.4. The summed E-state index contributed by atoms with van der Waals surface area (Å²) >= 11 is 0. The van der Waals surface area contributed by atoms with Crippen LogP contribution in [0.25, 0.3) is 0 Å². The standard InChI is InChI=1S/C14H24N4/c1-9-5-14(18(2)17-9)13(16-15)8-12-7-10-3-4-11(12)6-10/h5,10-13,16H,3-4,6-8,15H2,1-2H3. The van der Waals surface area contributed by atoms with Gasteiger partial charge in [-0.3, -0.25) is 16.0 Å². The van der Waals surface area contributed by atoms with E-state index in [0.717, 1.165) is 29.9 Å². The van der Waals surface area contributed by atoms with Crippen molar-refractivity contribution in [1.29, 1.82) is 0 Å². The van der Waals surface area contributed by atoms with E-state index in [1.54, 1.807) is 0 Å². The van der Waals surface area contributed by atoms with Crippen LogP contribution in [0, 0.1) is 24.7 Å². The quantitative estimate of drug-likeness (QED) is 0.633. The van der Waals surface area contributed by atoms with Crippen LogP contribution in [0.3, 0.4) is 0 Å². The number of hydrogen-bond acceptors (Lipinski definition) is 3. The molecule has 2 aliphatic carbocycles. The Morgan fingerprint density at radius 3 is 2.83 bits per heavy atom. The van der Waals surface area contributed by atoms with Crippen molar-refractivity contribution in [3.05, 3.63) is 17.5 Å². The van der Waals surface area contributed by atoms with Crippen LogP contribution in [0.2, 0.25) is 0 Å². The fourth-order valence-electron chi connectivity index (χ4n) is 4.20. The number of hydrazine groups is 1. The maximum Gasteiger partial charge on any atom is 0.0631 e. The molecule has 4 nitrogen and oxygen atoms in total. The van der Waals surface area contributed by atoms with Gasteiger partial charge in [-0.1, -0.05) is 6.42 Å². The van der Waals surface area contributed by atoms with Gasteiger partial charge in [0.2, 0.25) is 0 Å². The highest BCUT2D eigenvalue weighted by Gasteiger charge is 2.40. The van der Waals surface area contributed by atoms with Crippen LogP contribution in [0.15, 0.2) is 6.07 Å². The van der Waals surface area contributed by atoms with Gasteiger partial charge in [-0.15, -0.1) is 0 Å². The van der Waals surface area contributed by atoms with Gasteiger partial charge in [0.05, 0.1) is 17.4 Å². The van der Waals surface area contributed by atoms with Crippen LogP contribution >= 0.6 is 0 Å². The van der Waals surface area contributed by atoms with Crippen LogP contribution in [-0.4, -0.2) is 9.78 Å². The van der Waals surface area contributed by atoms with E-state index in [1.807, 2.05) is 18.7 Å². The van der Waals surface area contributed by atoms with Crippen molar-refractivity contribution in [3.8, 4) is 0 Å². The highest BCUT2D eigenvalue weighted by molar-refractivity contribution is 5.13. The summed E-state index contributed by atoms with van der Waals surface area (Å²) in [5.41, 5.74) is 5.29. The normalized spacial score (nSPS) is 32.1. The van der Waals surface area contributed by atoms with E-state index < -0.39 is 0 Å². The van der Waals surface area contributed by atoms with Crippen LogP contribution in [0.1, 0.15) is 49.5 Å². The Labute approximate surface area is 109 Å². The molecule has 1 aromatic heterocycles. The molecule has 2 fully saturated rings. The number of nitrogens with zero attached hydrogens (tertiary/aromatic N) is 2. The number of nitrogens with one attached hydrogen (secondary N) is 1. The first-order chi connectivity index (χ1) is 8.67. The minimum Gasteiger partial charge on any atom is -0.271 e. The van der Waals surface area contributed by atoms with Crippen molar-refractivity contribution in [2.75, 3.05) is 0 Å². The number of aryl methyl sites for hydroxylation is 2. The number of fused-ring (bicyclic) bond motifs is 2. The third-order valence-corrected chi connectivity index (χ3v) is 5.02. The average Bonchev–Trinajstić information content (AvgIpc) is 3.01. The summed E-state index contributed by atoms with van der Waals surface area (Å²) in [6.07, 6.45) is 6.95. The first-order valence-electron chi connectivity index (χ1n) is 7.14. The van der Waals surface area contributed by atoms with Gasteiger partial charge >= 0.3 is 0 Å². The highest BCUT2D eigenvalue weighted by Crippen LogP contribution is 2.50. The van der Waals surface area contributed by atoms with E-state index in [1.165, 1.54) is 31.4 Å². The molecule has 4 heteroatoms. The summed E-state index contributed by atoms with van der Waals surface area (Å²) in [5, 5.41) is 4.42. The van der Waals surface area contributed by atoms with E-state index in [0.29, 0.717) is 0 Å². The summed E-state index contributed by atoms with van der Waals surface area (Å²) in [6.45, 7) is 2.04. The molecule has 2 bridgehead atoms. The lowest BCUT2D eigenvalue weighted by Gasteiger charge is -2.26. The predicted molar refractivity (Wildman–Crippen MR) is 71.6 cm³/mol. The average molecular weight is 248 g/mol. The molecular formula is C14H24N4. The summed E-state index contributed by atoms with van der Waals surface area (Å²) in [6, 6.07) is 2.40. The number of rotatable bonds is 4. The molecule has 0 aromatic carbocycles. The van der Waals surface area contributed by atoms with Crippen molar-refractivity contribution in [2.45, 2.75) is 45.1 Å². The van der Waals surface area contributed by atoms with Crippen LogP contribution in [-0.2, 0) is 7.05 Å². The van der Waals surface area contributed by atoms with E-state index >= 15 is 0 Å². The number of hydrogen-bond donors (Lipinski definition) is 2. The number of nitrogens with two attached hydrogens (primary N) is 1. The van der Waals surface area contributed by atoms with Gasteiger partial charge in [-0.25, -0.2) is 0 Å². The molecule has 2 aliphatic rings. The molecule has 3 rings (SSSR count). The smallest absolute Gasteiger partial charge is 0.0631 e. The fourth-order valence-corrected chi connectivity index (χ4v) is 4.20. The van der Waals surface area contributed by atoms with Gasteiger partial charge < -0.3 is 0 Å². The SMILES string of the molecule is Cc1cc(C(CC2CC3CCC2C3)NN)n(C)n1. The van der Waals surface area contributed by atoms with Crippen molar-refractivity contribution in [2.24, 2.45) is 30.6 Å². The second-order valence-electron chi connectivity index (χ2n) is 6.22. The third kappa shape index (κ3) is 2.08. The summed E-state index contributed by atoms with van der Waals surface area (Å²) in [7, 11) is 2.01. The molecule has 0 saturated heterocycles. The maximum absolute atomic E-state index is 5.77. The molecule has 3 N–H and O–H groups in total. The lowest BCUT2D eigenvalue weighted by molar-refractivity contribution is 0.275. The summed E-state index contributed by atoms with van der Waals surface area (Å²) in [4.78, 5) is 0. The molecule has 0 radical (unpaired) electrons. The van der Waals surface area contributed by atoms with E-state index in [-0.39, 0.29) is 6.04 Å². The Kier molecular flexibility index (Phi) is 3.16. The molecule has 0 aliphatic heterocycles.